The number of carbonyl (C=O) groups excluding carboxylic acids is 1. The van der Waals surface area contributed by atoms with Crippen LogP contribution in [-0.4, -0.2) is 36.4 Å². The van der Waals surface area contributed by atoms with Crippen molar-refractivity contribution in [2.45, 2.75) is 5.16 Å². The van der Waals surface area contributed by atoms with Crippen molar-refractivity contribution in [1.29, 1.82) is 0 Å². The molecule has 9 heteroatoms. The van der Waals surface area contributed by atoms with Crippen LogP contribution in [0.15, 0.2) is 78.3 Å². The Morgan fingerprint density at radius 3 is 2.55 bits per heavy atom. The van der Waals surface area contributed by atoms with Crippen LogP contribution in [0, 0.1) is 0 Å². The van der Waals surface area contributed by atoms with Crippen LogP contribution < -0.4 is 5.32 Å². The van der Waals surface area contributed by atoms with Gasteiger partial charge in [0.2, 0.25) is 5.91 Å². The molecule has 144 valence electrons. The molecule has 2 heterocycles. The Morgan fingerprint density at radius 1 is 1.03 bits per heavy atom. The van der Waals surface area contributed by atoms with E-state index in [4.69, 9.17) is 11.6 Å². The first kappa shape index (κ1) is 19.1. The number of thioether (sulfide) groups is 1. The minimum atomic E-state index is -0.152. The third kappa shape index (κ3) is 4.61. The fourth-order valence-electron chi connectivity index (χ4n) is 2.61. The molecule has 4 aromatic rings. The zero-order valence-electron chi connectivity index (χ0n) is 15.1. The zero-order valence-corrected chi connectivity index (χ0v) is 16.6. The molecule has 0 radical (unpaired) electrons. The summed E-state index contributed by atoms with van der Waals surface area (Å²) in [6.07, 6.45) is 4.83. The third-order valence-electron chi connectivity index (χ3n) is 3.90. The summed E-state index contributed by atoms with van der Waals surface area (Å²) in [6, 6.07) is 16.6. The van der Waals surface area contributed by atoms with Gasteiger partial charge >= 0.3 is 0 Å². The number of benzene rings is 2. The maximum Gasteiger partial charge on any atom is 0.234 e. The quantitative estimate of drug-likeness (QED) is 0.470. The van der Waals surface area contributed by atoms with Gasteiger partial charge < -0.3 is 5.32 Å². The standard InChI is InChI=1S/C20H15ClN6OS/c21-14-6-8-15(9-7-14)24-18(28)13-29-20-26-25-19(17-12-22-10-11-23-17)27(20)16-4-2-1-3-5-16/h1-12H,13H2,(H,24,28). The van der Waals surface area contributed by atoms with Gasteiger partial charge in [0.25, 0.3) is 0 Å². The monoisotopic (exact) mass is 422 g/mol. The number of anilines is 1. The lowest BCUT2D eigenvalue weighted by molar-refractivity contribution is -0.113. The molecule has 1 amide bonds. The Labute approximate surface area is 176 Å². The molecule has 29 heavy (non-hydrogen) atoms. The highest BCUT2D eigenvalue weighted by atomic mass is 35.5. The van der Waals surface area contributed by atoms with Gasteiger partial charge in [-0.1, -0.05) is 41.6 Å². The van der Waals surface area contributed by atoms with E-state index in [1.54, 1.807) is 42.9 Å². The van der Waals surface area contributed by atoms with Crippen LogP contribution in [-0.2, 0) is 4.79 Å². The van der Waals surface area contributed by atoms with Crippen LogP contribution in [0.4, 0.5) is 5.69 Å². The third-order valence-corrected chi connectivity index (χ3v) is 5.08. The fourth-order valence-corrected chi connectivity index (χ4v) is 3.49. The van der Waals surface area contributed by atoms with Crippen molar-refractivity contribution in [3.8, 4) is 17.2 Å². The Balaban J connectivity index is 1.56. The first-order valence-corrected chi connectivity index (χ1v) is 10.0. The van der Waals surface area contributed by atoms with E-state index in [1.807, 2.05) is 34.9 Å². The second kappa shape index (κ2) is 8.85. The van der Waals surface area contributed by atoms with Crippen molar-refractivity contribution >= 4 is 35.0 Å². The number of rotatable bonds is 6. The molecule has 0 saturated carbocycles. The van der Waals surface area contributed by atoms with Crippen molar-refractivity contribution in [2.24, 2.45) is 0 Å². The molecule has 0 aliphatic carbocycles. The largest absolute Gasteiger partial charge is 0.325 e. The van der Waals surface area contributed by atoms with E-state index >= 15 is 0 Å². The Hall–Kier alpha value is -3.23. The summed E-state index contributed by atoms with van der Waals surface area (Å²) < 4.78 is 1.87. The summed E-state index contributed by atoms with van der Waals surface area (Å²) in [5, 5.41) is 12.6. The van der Waals surface area contributed by atoms with E-state index in [0.717, 1.165) is 5.69 Å². The smallest absolute Gasteiger partial charge is 0.234 e. The molecule has 0 aliphatic heterocycles. The van der Waals surface area contributed by atoms with Gasteiger partial charge in [-0.15, -0.1) is 10.2 Å². The lowest BCUT2D eigenvalue weighted by Crippen LogP contribution is -2.14. The number of halogens is 1. The first-order chi connectivity index (χ1) is 14.2. The highest BCUT2D eigenvalue weighted by Crippen LogP contribution is 2.26. The van der Waals surface area contributed by atoms with Gasteiger partial charge in [0.05, 0.1) is 11.9 Å². The normalized spacial score (nSPS) is 10.7. The van der Waals surface area contributed by atoms with Gasteiger partial charge in [-0.3, -0.25) is 14.3 Å². The van der Waals surface area contributed by atoms with Crippen molar-refractivity contribution in [2.75, 3.05) is 11.1 Å². The van der Waals surface area contributed by atoms with Crippen molar-refractivity contribution in [3.63, 3.8) is 0 Å². The van der Waals surface area contributed by atoms with Crippen LogP contribution >= 0.6 is 23.4 Å². The molecule has 0 fully saturated rings. The van der Waals surface area contributed by atoms with Gasteiger partial charge in [0.1, 0.15) is 5.69 Å². The average Bonchev–Trinajstić information content (AvgIpc) is 3.19. The molecule has 7 nitrogen and oxygen atoms in total. The molecule has 4 rings (SSSR count). The van der Waals surface area contributed by atoms with Gasteiger partial charge in [-0.2, -0.15) is 0 Å². The molecule has 0 saturated heterocycles. The number of carbonyl (C=O) groups is 1. The zero-order chi connectivity index (χ0) is 20.1. The number of nitrogens with zero attached hydrogens (tertiary/aromatic N) is 5. The first-order valence-electron chi connectivity index (χ1n) is 8.66. The van der Waals surface area contributed by atoms with Gasteiger partial charge in [-0.25, -0.2) is 4.98 Å². The SMILES string of the molecule is O=C(CSc1nnc(-c2cnccn2)n1-c1ccccc1)Nc1ccc(Cl)cc1. The minimum absolute atomic E-state index is 0.152. The van der Waals surface area contributed by atoms with Gasteiger partial charge in [0, 0.05) is 28.8 Å². The summed E-state index contributed by atoms with van der Waals surface area (Å²) in [4.78, 5) is 20.8. The van der Waals surface area contributed by atoms with Crippen LogP contribution in [0.25, 0.3) is 17.2 Å². The highest BCUT2D eigenvalue weighted by molar-refractivity contribution is 7.99. The summed E-state index contributed by atoms with van der Waals surface area (Å²) >= 11 is 7.16. The van der Waals surface area contributed by atoms with E-state index in [9.17, 15) is 4.79 Å². The van der Waals surface area contributed by atoms with E-state index in [-0.39, 0.29) is 11.7 Å². The molecular weight excluding hydrogens is 408 g/mol. The predicted molar refractivity (Wildman–Crippen MR) is 113 cm³/mol. The average molecular weight is 423 g/mol. The lowest BCUT2D eigenvalue weighted by Gasteiger charge is -2.10. The molecule has 0 atom stereocenters. The number of hydrogen-bond acceptors (Lipinski definition) is 6. The van der Waals surface area contributed by atoms with E-state index in [2.05, 4.69) is 25.5 Å². The van der Waals surface area contributed by atoms with Crippen molar-refractivity contribution < 1.29 is 4.79 Å². The van der Waals surface area contributed by atoms with Crippen LogP contribution in [0.5, 0.6) is 0 Å². The van der Waals surface area contributed by atoms with Gasteiger partial charge in [-0.05, 0) is 36.4 Å². The molecule has 0 bridgehead atoms. The van der Waals surface area contributed by atoms with E-state index in [1.165, 1.54) is 11.8 Å². The number of amides is 1. The van der Waals surface area contributed by atoms with Crippen molar-refractivity contribution in [3.05, 3.63) is 78.2 Å². The summed E-state index contributed by atoms with van der Waals surface area (Å²) in [5.41, 5.74) is 2.16. The minimum Gasteiger partial charge on any atom is -0.325 e. The second-order valence-electron chi connectivity index (χ2n) is 5.91. The molecule has 0 aliphatic rings. The summed E-state index contributed by atoms with van der Waals surface area (Å²) in [7, 11) is 0. The second-order valence-corrected chi connectivity index (χ2v) is 7.29. The Kier molecular flexibility index (Phi) is 5.83. The number of para-hydroxylation sites is 1. The van der Waals surface area contributed by atoms with Crippen LogP contribution in [0.1, 0.15) is 0 Å². The number of aromatic nitrogens is 5. The van der Waals surface area contributed by atoms with E-state index < -0.39 is 0 Å². The molecule has 0 unspecified atom stereocenters. The molecule has 2 aromatic heterocycles. The fraction of sp³-hybridized carbons (Fsp3) is 0.0500. The molecule has 1 N–H and O–H groups in total. The van der Waals surface area contributed by atoms with Crippen LogP contribution in [0.3, 0.4) is 0 Å². The van der Waals surface area contributed by atoms with Gasteiger partial charge in [0.15, 0.2) is 11.0 Å². The molecule has 2 aromatic carbocycles. The summed E-state index contributed by atoms with van der Waals surface area (Å²) in [6.45, 7) is 0. The molecular formula is C20H15ClN6OS. The lowest BCUT2D eigenvalue weighted by atomic mass is 10.3. The van der Waals surface area contributed by atoms with Crippen LogP contribution in [0.2, 0.25) is 5.02 Å². The Bertz CT molecular complexity index is 1100. The highest BCUT2D eigenvalue weighted by Gasteiger charge is 2.18. The van der Waals surface area contributed by atoms with Crippen molar-refractivity contribution in [1.82, 2.24) is 24.7 Å². The topological polar surface area (TPSA) is 85.6 Å². The number of nitrogens with one attached hydrogen (secondary N) is 1. The Morgan fingerprint density at radius 2 is 1.83 bits per heavy atom. The maximum atomic E-state index is 12.4. The van der Waals surface area contributed by atoms with E-state index in [0.29, 0.717) is 27.4 Å². The predicted octanol–water partition coefficient (Wildman–Crippen LogP) is 4.11. The number of hydrogen-bond donors (Lipinski definition) is 1. The molecule has 0 spiro atoms. The maximum absolute atomic E-state index is 12.4. The summed E-state index contributed by atoms with van der Waals surface area (Å²) in [5.74, 6) is 0.583.